The standard InChI is InChI=1S/C15H22ClN3O.HI/c1-10(2)3-5-18-15(17)19-9-12-8-13(16)7-11-4-6-20-14(11)12;/h7-8,10H,3-6,9H2,1-2H3,(H3,17,18,19);1H. The first-order valence-corrected chi connectivity index (χ1v) is 7.42. The van der Waals surface area contributed by atoms with Gasteiger partial charge in [-0.25, -0.2) is 4.99 Å². The van der Waals surface area contributed by atoms with Crippen LogP contribution in [0, 0.1) is 5.92 Å². The summed E-state index contributed by atoms with van der Waals surface area (Å²) in [5.74, 6) is 2.05. The Morgan fingerprint density at radius 3 is 2.95 bits per heavy atom. The minimum atomic E-state index is 0. The van der Waals surface area contributed by atoms with Crippen molar-refractivity contribution < 1.29 is 4.74 Å². The van der Waals surface area contributed by atoms with Crippen LogP contribution in [0.1, 0.15) is 31.4 Å². The fourth-order valence-corrected chi connectivity index (χ4v) is 2.44. The van der Waals surface area contributed by atoms with Crippen molar-refractivity contribution in [2.45, 2.75) is 33.2 Å². The third kappa shape index (κ3) is 5.54. The smallest absolute Gasteiger partial charge is 0.188 e. The Hall–Kier alpha value is -0.690. The molecule has 3 N–H and O–H groups in total. The molecule has 1 aromatic carbocycles. The summed E-state index contributed by atoms with van der Waals surface area (Å²) < 4.78 is 5.64. The van der Waals surface area contributed by atoms with Gasteiger partial charge in [0.25, 0.3) is 0 Å². The highest BCUT2D eigenvalue weighted by atomic mass is 127. The quantitative estimate of drug-likeness (QED) is 0.434. The maximum Gasteiger partial charge on any atom is 0.188 e. The number of ether oxygens (including phenoxy) is 1. The lowest BCUT2D eigenvalue weighted by Gasteiger charge is -2.09. The first-order valence-electron chi connectivity index (χ1n) is 7.04. The number of fused-ring (bicyclic) bond motifs is 1. The molecule has 2 rings (SSSR count). The predicted molar refractivity (Wildman–Crippen MR) is 98.9 cm³/mol. The third-order valence-electron chi connectivity index (χ3n) is 3.27. The molecule has 0 bridgehead atoms. The van der Waals surface area contributed by atoms with Gasteiger partial charge in [-0.05, 0) is 30.0 Å². The number of hydrogen-bond acceptors (Lipinski definition) is 2. The summed E-state index contributed by atoms with van der Waals surface area (Å²) >= 11 is 6.11. The van der Waals surface area contributed by atoms with Gasteiger partial charge in [-0.2, -0.15) is 0 Å². The largest absolute Gasteiger partial charge is 0.493 e. The third-order valence-corrected chi connectivity index (χ3v) is 3.49. The maximum absolute atomic E-state index is 6.11. The lowest BCUT2D eigenvalue weighted by atomic mass is 10.1. The van der Waals surface area contributed by atoms with Crippen molar-refractivity contribution in [1.82, 2.24) is 5.32 Å². The number of guanidine groups is 1. The van der Waals surface area contributed by atoms with E-state index < -0.39 is 0 Å². The van der Waals surface area contributed by atoms with E-state index in [-0.39, 0.29) is 24.0 Å². The summed E-state index contributed by atoms with van der Waals surface area (Å²) in [4.78, 5) is 4.35. The SMILES string of the molecule is CC(C)CCNC(N)=NCc1cc(Cl)cc2c1OCC2.I. The second-order valence-electron chi connectivity index (χ2n) is 5.46. The Morgan fingerprint density at radius 2 is 2.24 bits per heavy atom. The van der Waals surface area contributed by atoms with Gasteiger partial charge < -0.3 is 15.8 Å². The minimum absolute atomic E-state index is 0. The van der Waals surface area contributed by atoms with E-state index in [1.54, 1.807) is 0 Å². The van der Waals surface area contributed by atoms with Gasteiger partial charge in [-0.1, -0.05) is 25.4 Å². The van der Waals surface area contributed by atoms with Gasteiger partial charge in [-0.3, -0.25) is 0 Å². The highest BCUT2D eigenvalue weighted by Crippen LogP contribution is 2.33. The number of benzene rings is 1. The molecule has 0 saturated heterocycles. The van der Waals surface area contributed by atoms with Crippen molar-refractivity contribution in [2.24, 2.45) is 16.6 Å². The van der Waals surface area contributed by atoms with Crippen LogP contribution in [0.4, 0.5) is 0 Å². The molecule has 21 heavy (non-hydrogen) atoms. The van der Waals surface area contributed by atoms with E-state index in [0.29, 0.717) is 25.0 Å². The van der Waals surface area contributed by atoms with Crippen LogP contribution in [-0.2, 0) is 13.0 Å². The Kier molecular flexibility index (Phi) is 7.59. The lowest BCUT2D eigenvalue weighted by molar-refractivity contribution is 0.353. The number of nitrogens with zero attached hydrogens (tertiary/aromatic N) is 1. The number of halogens is 2. The second kappa shape index (κ2) is 8.68. The van der Waals surface area contributed by atoms with E-state index in [1.807, 2.05) is 12.1 Å². The Balaban J connectivity index is 0.00000220. The van der Waals surface area contributed by atoms with Crippen LogP contribution in [0.25, 0.3) is 0 Å². The van der Waals surface area contributed by atoms with Crippen molar-refractivity contribution in [2.75, 3.05) is 13.2 Å². The van der Waals surface area contributed by atoms with E-state index in [4.69, 9.17) is 22.1 Å². The molecule has 0 amide bonds. The van der Waals surface area contributed by atoms with Crippen molar-refractivity contribution in [3.8, 4) is 5.75 Å². The fraction of sp³-hybridized carbons (Fsp3) is 0.533. The zero-order chi connectivity index (χ0) is 14.5. The van der Waals surface area contributed by atoms with Crippen LogP contribution < -0.4 is 15.8 Å². The molecule has 0 atom stereocenters. The molecule has 118 valence electrons. The van der Waals surface area contributed by atoms with Gasteiger partial charge in [0.15, 0.2) is 5.96 Å². The predicted octanol–water partition coefficient (Wildman–Crippen LogP) is 3.34. The average molecular weight is 424 g/mol. The van der Waals surface area contributed by atoms with Crippen LogP contribution in [-0.4, -0.2) is 19.1 Å². The van der Waals surface area contributed by atoms with Crippen LogP contribution in [0.3, 0.4) is 0 Å². The first-order chi connectivity index (χ1) is 9.56. The van der Waals surface area contributed by atoms with E-state index >= 15 is 0 Å². The Bertz CT molecular complexity index is 506. The summed E-state index contributed by atoms with van der Waals surface area (Å²) in [6, 6.07) is 3.86. The van der Waals surface area contributed by atoms with Gasteiger partial charge >= 0.3 is 0 Å². The zero-order valence-electron chi connectivity index (χ0n) is 12.5. The molecule has 1 aliphatic heterocycles. The molecule has 1 aliphatic rings. The molecule has 1 aromatic rings. The molecule has 0 saturated carbocycles. The minimum Gasteiger partial charge on any atom is -0.493 e. The molecule has 0 spiro atoms. The Labute approximate surface area is 148 Å². The number of rotatable bonds is 5. The summed E-state index contributed by atoms with van der Waals surface area (Å²) in [5.41, 5.74) is 8.02. The molecule has 1 heterocycles. The Morgan fingerprint density at radius 1 is 1.48 bits per heavy atom. The summed E-state index contributed by atoms with van der Waals surface area (Å²) in [6.45, 7) is 6.41. The van der Waals surface area contributed by atoms with E-state index in [2.05, 4.69) is 24.2 Å². The number of nitrogens with two attached hydrogens (primary N) is 1. The summed E-state index contributed by atoms with van der Waals surface area (Å²) in [7, 11) is 0. The molecule has 0 fully saturated rings. The van der Waals surface area contributed by atoms with Crippen LogP contribution in [0.5, 0.6) is 5.75 Å². The van der Waals surface area contributed by atoms with Gasteiger partial charge in [0.2, 0.25) is 0 Å². The van der Waals surface area contributed by atoms with Crippen molar-refractivity contribution >= 4 is 41.5 Å². The van der Waals surface area contributed by atoms with Crippen LogP contribution in [0.15, 0.2) is 17.1 Å². The molecular formula is C15H23ClIN3O. The topological polar surface area (TPSA) is 59.6 Å². The maximum atomic E-state index is 6.11. The zero-order valence-corrected chi connectivity index (χ0v) is 15.6. The molecular weight excluding hydrogens is 401 g/mol. The van der Waals surface area contributed by atoms with Crippen LogP contribution in [0.2, 0.25) is 5.02 Å². The molecule has 0 unspecified atom stereocenters. The van der Waals surface area contributed by atoms with Gasteiger partial charge in [0.05, 0.1) is 13.2 Å². The van der Waals surface area contributed by atoms with E-state index in [9.17, 15) is 0 Å². The first kappa shape index (κ1) is 18.4. The van der Waals surface area contributed by atoms with Crippen molar-refractivity contribution in [1.29, 1.82) is 0 Å². The average Bonchev–Trinajstić information content (AvgIpc) is 2.83. The van der Waals surface area contributed by atoms with E-state index in [1.165, 1.54) is 0 Å². The highest BCUT2D eigenvalue weighted by molar-refractivity contribution is 14.0. The molecule has 4 nitrogen and oxygen atoms in total. The van der Waals surface area contributed by atoms with Crippen molar-refractivity contribution in [3.63, 3.8) is 0 Å². The number of hydrogen-bond donors (Lipinski definition) is 2. The summed E-state index contributed by atoms with van der Waals surface area (Å²) in [6.07, 6.45) is 1.99. The van der Waals surface area contributed by atoms with Gasteiger partial charge in [0.1, 0.15) is 5.75 Å². The molecule has 0 aliphatic carbocycles. The molecule has 0 radical (unpaired) electrons. The fourth-order valence-electron chi connectivity index (χ4n) is 2.18. The monoisotopic (exact) mass is 423 g/mol. The highest BCUT2D eigenvalue weighted by Gasteiger charge is 2.17. The van der Waals surface area contributed by atoms with E-state index in [0.717, 1.165) is 41.3 Å². The summed E-state index contributed by atoms with van der Waals surface area (Å²) in [5, 5.41) is 3.85. The normalized spacial score (nSPS) is 13.6. The van der Waals surface area contributed by atoms with Crippen molar-refractivity contribution in [3.05, 3.63) is 28.3 Å². The number of nitrogens with one attached hydrogen (secondary N) is 1. The van der Waals surface area contributed by atoms with Gasteiger partial charge in [-0.15, -0.1) is 24.0 Å². The molecule has 0 aromatic heterocycles. The van der Waals surface area contributed by atoms with Gasteiger partial charge in [0, 0.05) is 23.6 Å². The second-order valence-corrected chi connectivity index (χ2v) is 5.90. The molecule has 6 heteroatoms. The lowest BCUT2D eigenvalue weighted by Crippen LogP contribution is -2.32. The number of aliphatic imine (C=N–C) groups is 1. The van der Waals surface area contributed by atoms with Crippen LogP contribution >= 0.6 is 35.6 Å².